The lowest BCUT2D eigenvalue weighted by Gasteiger charge is -2.12. The Morgan fingerprint density at radius 1 is 1.07 bits per heavy atom. The van der Waals surface area contributed by atoms with E-state index in [9.17, 15) is 9.59 Å². The van der Waals surface area contributed by atoms with Crippen LogP contribution in [0.4, 0.5) is 5.69 Å². The van der Waals surface area contributed by atoms with E-state index in [1.807, 2.05) is 67.9 Å². The molecule has 6 nitrogen and oxygen atoms in total. The van der Waals surface area contributed by atoms with E-state index in [1.165, 1.54) is 11.8 Å². The Balaban J connectivity index is 1.53. The van der Waals surface area contributed by atoms with Crippen molar-refractivity contribution in [3.8, 4) is 5.69 Å². The third-order valence-corrected chi connectivity index (χ3v) is 6.14. The molecule has 30 heavy (non-hydrogen) atoms. The Kier molecular flexibility index (Phi) is 7.18. The Labute approximate surface area is 185 Å². The molecule has 2 N–H and O–H groups in total. The van der Waals surface area contributed by atoms with Crippen LogP contribution in [0.5, 0.6) is 0 Å². The zero-order valence-corrected chi connectivity index (χ0v) is 18.6. The van der Waals surface area contributed by atoms with Crippen LogP contribution in [0.25, 0.3) is 5.69 Å². The number of hydrogen-bond acceptors (Lipinski definition) is 4. The number of aryl methyl sites for hydroxylation is 1. The zero-order valence-electron chi connectivity index (χ0n) is 17.0. The van der Waals surface area contributed by atoms with E-state index in [1.54, 1.807) is 6.20 Å². The number of aromatic nitrogens is 2. The van der Waals surface area contributed by atoms with E-state index in [4.69, 9.17) is 11.6 Å². The van der Waals surface area contributed by atoms with Gasteiger partial charge in [0.15, 0.2) is 5.16 Å². The van der Waals surface area contributed by atoms with E-state index in [0.717, 1.165) is 28.1 Å². The van der Waals surface area contributed by atoms with Gasteiger partial charge in [0.25, 0.3) is 0 Å². The summed E-state index contributed by atoms with van der Waals surface area (Å²) < 4.78 is 1.90. The topological polar surface area (TPSA) is 76.0 Å². The number of imidazole rings is 1. The maximum Gasteiger partial charge on any atom is 0.243 e. The molecule has 1 heterocycles. The fraction of sp³-hybridized carbons (Fsp3) is 0.227. The number of nitrogens with zero attached hydrogens (tertiary/aromatic N) is 2. The first-order chi connectivity index (χ1) is 14.4. The second-order valence-corrected chi connectivity index (χ2v) is 8.17. The number of benzene rings is 2. The number of halogens is 1. The standard InChI is InChI=1S/C22H23ClN4O2S/c1-14-6-4-8-18(15(14)2)26-20(28)12-25-21(29)13-30-22-24-10-11-27(22)19-9-5-7-17(23)16(19)3/h4-11H,12-13H2,1-3H3,(H,25,29)(H,26,28). The highest BCUT2D eigenvalue weighted by Gasteiger charge is 2.13. The minimum atomic E-state index is -0.266. The fourth-order valence-electron chi connectivity index (χ4n) is 2.88. The van der Waals surface area contributed by atoms with Crippen LogP contribution >= 0.6 is 23.4 Å². The van der Waals surface area contributed by atoms with Gasteiger partial charge in [0.05, 0.1) is 18.0 Å². The number of hydrogen-bond donors (Lipinski definition) is 2. The molecule has 8 heteroatoms. The number of carbonyl (C=O) groups excluding carboxylic acids is 2. The lowest BCUT2D eigenvalue weighted by Crippen LogP contribution is -2.34. The van der Waals surface area contributed by atoms with Gasteiger partial charge in [0.2, 0.25) is 11.8 Å². The molecule has 0 unspecified atom stereocenters. The average Bonchev–Trinajstić information content (AvgIpc) is 3.19. The van der Waals surface area contributed by atoms with Gasteiger partial charge in [-0.1, -0.05) is 41.6 Å². The van der Waals surface area contributed by atoms with E-state index < -0.39 is 0 Å². The molecule has 0 saturated heterocycles. The summed E-state index contributed by atoms with van der Waals surface area (Å²) in [7, 11) is 0. The largest absolute Gasteiger partial charge is 0.346 e. The van der Waals surface area contributed by atoms with E-state index in [0.29, 0.717) is 10.2 Å². The molecule has 0 bridgehead atoms. The van der Waals surface area contributed by atoms with Gasteiger partial charge in [-0.25, -0.2) is 4.98 Å². The monoisotopic (exact) mass is 442 g/mol. The lowest BCUT2D eigenvalue weighted by atomic mass is 10.1. The molecule has 0 aliphatic rings. The van der Waals surface area contributed by atoms with E-state index >= 15 is 0 Å². The van der Waals surface area contributed by atoms with Crippen LogP contribution in [0, 0.1) is 20.8 Å². The van der Waals surface area contributed by atoms with Gasteiger partial charge < -0.3 is 10.6 Å². The second-order valence-electron chi connectivity index (χ2n) is 6.82. The van der Waals surface area contributed by atoms with Crippen molar-refractivity contribution in [3.63, 3.8) is 0 Å². The molecule has 0 radical (unpaired) electrons. The minimum absolute atomic E-state index is 0.0887. The Hall–Kier alpha value is -2.77. The van der Waals surface area contributed by atoms with Gasteiger partial charge in [0.1, 0.15) is 0 Å². The lowest BCUT2D eigenvalue weighted by molar-refractivity contribution is -0.122. The van der Waals surface area contributed by atoms with Gasteiger partial charge in [-0.2, -0.15) is 0 Å². The normalized spacial score (nSPS) is 10.7. The molecule has 0 atom stereocenters. The van der Waals surface area contributed by atoms with E-state index in [2.05, 4.69) is 15.6 Å². The molecule has 0 spiro atoms. The predicted octanol–water partition coefficient (Wildman–Crippen LogP) is 4.30. The molecule has 2 amide bonds. The number of thioether (sulfide) groups is 1. The van der Waals surface area contributed by atoms with E-state index in [-0.39, 0.29) is 24.1 Å². The van der Waals surface area contributed by atoms with Crippen LogP contribution in [0.1, 0.15) is 16.7 Å². The molecule has 156 valence electrons. The molecule has 0 saturated carbocycles. The number of nitrogens with one attached hydrogen (secondary N) is 2. The summed E-state index contributed by atoms with van der Waals surface area (Å²) in [6.45, 7) is 5.78. The summed E-state index contributed by atoms with van der Waals surface area (Å²) in [5.41, 5.74) is 4.71. The van der Waals surface area contributed by atoms with Crippen molar-refractivity contribution in [1.82, 2.24) is 14.9 Å². The van der Waals surface area contributed by atoms with Crippen molar-refractivity contribution in [2.45, 2.75) is 25.9 Å². The first-order valence-corrected chi connectivity index (χ1v) is 10.8. The van der Waals surface area contributed by atoms with Crippen molar-refractivity contribution in [3.05, 3.63) is 70.5 Å². The Morgan fingerprint density at radius 2 is 1.83 bits per heavy atom. The summed E-state index contributed by atoms with van der Waals surface area (Å²) in [6.07, 6.45) is 3.51. The highest BCUT2D eigenvalue weighted by molar-refractivity contribution is 7.99. The zero-order chi connectivity index (χ0) is 21.7. The summed E-state index contributed by atoms with van der Waals surface area (Å²) in [6, 6.07) is 11.4. The van der Waals surface area contributed by atoms with Crippen LogP contribution in [0.15, 0.2) is 53.9 Å². The summed E-state index contributed by atoms with van der Waals surface area (Å²) in [4.78, 5) is 28.7. The third kappa shape index (κ3) is 5.23. The van der Waals surface area contributed by atoms with Crippen LogP contribution in [-0.4, -0.2) is 33.7 Å². The molecule has 2 aromatic carbocycles. The highest BCUT2D eigenvalue weighted by atomic mass is 35.5. The SMILES string of the molecule is Cc1cccc(NC(=O)CNC(=O)CSc2nccn2-c2cccc(Cl)c2C)c1C. The number of anilines is 1. The van der Waals surface area contributed by atoms with Crippen molar-refractivity contribution in [2.75, 3.05) is 17.6 Å². The van der Waals surface area contributed by atoms with Crippen LogP contribution < -0.4 is 10.6 Å². The maximum atomic E-state index is 12.2. The number of amides is 2. The Morgan fingerprint density at radius 3 is 2.63 bits per heavy atom. The molecule has 0 aliphatic heterocycles. The molecule has 0 aliphatic carbocycles. The highest BCUT2D eigenvalue weighted by Crippen LogP contribution is 2.26. The van der Waals surface area contributed by atoms with Gasteiger partial charge >= 0.3 is 0 Å². The average molecular weight is 443 g/mol. The molecular weight excluding hydrogens is 420 g/mol. The fourth-order valence-corrected chi connectivity index (χ4v) is 3.84. The third-order valence-electron chi connectivity index (χ3n) is 4.76. The van der Waals surface area contributed by atoms with Gasteiger partial charge in [-0.15, -0.1) is 0 Å². The predicted molar refractivity (Wildman–Crippen MR) is 122 cm³/mol. The Bertz CT molecular complexity index is 1080. The summed E-state index contributed by atoms with van der Waals surface area (Å²) >= 11 is 7.51. The van der Waals surface area contributed by atoms with Crippen LogP contribution in [-0.2, 0) is 9.59 Å². The number of rotatable bonds is 7. The van der Waals surface area contributed by atoms with Crippen molar-refractivity contribution in [2.24, 2.45) is 0 Å². The second kappa shape index (κ2) is 9.82. The minimum Gasteiger partial charge on any atom is -0.346 e. The van der Waals surface area contributed by atoms with Crippen molar-refractivity contribution < 1.29 is 9.59 Å². The first kappa shape index (κ1) is 21.9. The van der Waals surface area contributed by atoms with Gasteiger partial charge in [0, 0.05) is 23.1 Å². The molecule has 3 rings (SSSR count). The smallest absolute Gasteiger partial charge is 0.243 e. The van der Waals surface area contributed by atoms with Crippen LogP contribution in [0.3, 0.4) is 0 Å². The molecule has 0 fully saturated rings. The van der Waals surface area contributed by atoms with Crippen molar-refractivity contribution >= 4 is 40.9 Å². The molecular formula is C22H23ClN4O2S. The quantitative estimate of drug-likeness (QED) is 0.535. The van der Waals surface area contributed by atoms with Crippen LogP contribution in [0.2, 0.25) is 5.02 Å². The molecule has 1 aromatic heterocycles. The summed E-state index contributed by atoms with van der Waals surface area (Å²) in [5.74, 6) is -0.362. The maximum absolute atomic E-state index is 12.2. The van der Waals surface area contributed by atoms with Gasteiger partial charge in [-0.3, -0.25) is 14.2 Å². The summed E-state index contributed by atoms with van der Waals surface area (Å²) in [5, 5.41) is 6.83. The number of carbonyl (C=O) groups is 2. The van der Waals surface area contributed by atoms with Crippen molar-refractivity contribution in [1.29, 1.82) is 0 Å². The first-order valence-electron chi connectivity index (χ1n) is 9.41. The van der Waals surface area contributed by atoms with Gasteiger partial charge in [-0.05, 0) is 55.7 Å². The molecule has 3 aromatic rings.